The summed E-state index contributed by atoms with van der Waals surface area (Å²) in [4.78, 5) is 2.84. The van der Waals surface area contributed by atoms with Crippen LogP contribution in [0.25, 0.3) is 27.1 Å². The van der Waals surface area contributed by atoms with Crippen molar-refractivity contribution in [3.63, 3.8) is 0 Å². The number of hydrogen-bond donors (Lipinski definition) is 0. The first kappa shape index (κ1) is 11.4. The van der Waals surface area contributed by atoms with Gasteiger partial charge >= 0.3 is 0 Å². The van der Waals surface area contributed by atoms with Gasteiger partial charge in [0.25, 0.3) is 0 Å². The zero-order chi connectivity index (χ0) is 13.1. The summed E-state index contributed by atoms with van der Waals surface area (Å²) in [6.07, 6.45) is 4.06. The molecule has 1 aromatic carbocycles. The van der Waals surface area contributed by atoms with Crippen LogP contribution in [0.1, 0.15) is 5.56 Å². The highest BCUT2D eigenvalue weighted by atomic mass is 15.1. The van der Waals surface area contributed by atoms with E-state index in [2.05, 4.69) is 32.6 Å². The molecule has 4 heteroatoms. The lowest BCUT2D eigenvalue weighted by Crippen LogP contribution is -1.87. The Balaban J connectivity index is 2.18. The topological polar surface area (TPSA) is 53.2 Å². The Morgan fingerprint density at radius 2 is 1.79 bits per heavy atom. The first-order valence-electron chi connectivity index (χ1n) is 6.05. The predicted octanol–water partition coefficient (Wildman–Crippen LogP) is 4.42. The maximum Gasteiger partial charge on any atom is 0.0528 e. The zero-order valence-corrected chi connectivity index (χ0v) is 10.3. The Morgan fingerprint density at radius 1 is 0.947 bits per heavy atom. The molecular formula is C15H12N4. The van der Waals surface area contributed by atoms with Gasteiger partial charge in [0, 0.05) is 22.9 Å². The van der Waals surface area contributed by atoms with Gasteiger partial charge in [0.05, 0.1) is 12.1 Å². The predicted molar refractivity (Wildman–Crippen MR) is 75.7 cm³/mol. The molecule has 0 fully saturated rings. The maximum atomic E-state index is 8.48. The van der Waals surface area contributed by atoms with Crippen LogP contribution in [-0.2, 0) is 6.54 Å². The van der Waals surface area contributed by atoms with Crippen LogP contribution >= 0.6 is 0 Å². The Kier molecular flexibility index (Phi) is 2.93. The second-order valence-electron chi connectivity index (χ2n) is 4.27. The number of fused-ring (bicyclic) bond motifs is 1. The fourth-order valence-corrected chi connectivity index (χ4v) is 2.31. The molecule has 0 spiro atoms. The van der Waals surface area contributed by atoms with Crippen molar-refractivity contribution in [2.75, 3.05) is 0 Å². The van der Waals surface area contributed by atoms with Gasteiger partial charge in [0.15, 0.2) is 0 Å². The highest BCUT2D eigenvalue weighted by molar-refractivity contribution is 5.82. The summed E-state index contributed by atoms with van der Waals surface area (Å²) in [6, 6.07) is 16.2. The van der Waals surface area contributed by atoms with Crippen LogP contribution in [0, 0.1) is 0 Å². The van der Waals surface area contributed by atoms with Gasteiger partial charge in [-0.2, -0.15) is 0 Å². The summed E-state index contributed by atoms with van der Waals surface area (Å²) in [5, 5.41) is 3.67. The van der Waals surface area contributed by atoms with Gasteiger partial charge < -0.3 is 4.40 Å². The van der Waals surface area contributed by atoms with Crippen LogP contribution in [0.4, 0.5) is 0 Å². The first-order chi connectivity index (χ1) is 9.40. The molecule has 0 saturated heterocycles. The van der Waals surface area contributed by atoms with E-state index >= 15 is 0 Å². The molecule has 19 heavy (non-hydrogen) atoms. The van der Waals surface area contributed by atoms with Crippen molar-refractivity contribution in [2.24, 2.45) is 5.11 Å². The number of aromatic nitrogens is 1. The summed E-state index contributed by atoms with van der Waals surface area (Å²) in [6.45, 7) is 0.372. The Bertz CT molecular complexity index is 766. The van der Waals surface area contributed by atoms with Crippen molar-refractivity contribution < 1.29 is 0 Å². The summed E-state index contributed by atoms with van der Waals surface area (Å²) in [7, 11) is 0. The Labute approximate surface area is 110 Å². The van der Waals surface area contributed by atoms with Crippen molar-refractivity contribution in [2.45, 2.75) is 6.54 Å². The number of azide groups is 1. The van der Waals surface area contributed by atoms with E-state index in [1.54, 1.807) is 0 Å². The van der Waals surface area contributed by atoms with Crippen molar-refractivity contribution in [1.82, 2.24) is 4.40 Å². The smallest absolute Gasteiger partial charge is 0.0528 e. The molecule has 0 aliphatic heterocycles. The molecule has 0 aliphatic carbocycles. The lowest BCUT2D eigenvalue weighted by molar-refractivity contribution is 1.05. The quantitative estimate of drug-likeness (QED) is 0.374. The standard InChI is InChI=1S/C15H12N4/c16-18-17-11-12-5-1-2-6-13(12)14-8-10-19-9-4-3-7-15(14)19/h1-10H,11H2. The van der Waals surface area contributed by atoms with Gasteiger partial charge in [-0.15, -0.1) is 0 Å². The van der Waals surface area contributed by atoms with E-state index in [0.717, 1.165) is 22.2 Å². The molecule has 3 aromatic rings. The molecule has 2 heterocycles. The second-order valence-corrected chi connectivity index (χ2v) is 4.27. The first-order valence-corrected chi connectivity index (χ1v) is 6.05. The van der Waals surface area contributed by atoms with Crippen LogP contribution < -0.4 is 0 Å². The van der Waals surface area contributed by atoms with E-state index in [4.69, 9.17) is 5.53 Å². The van der Waals surface area contributed by atoms with Crippen molar-refractivity contribution in [1.29, 1.82) is 0 Å². The fourth-order valence-electron chi connectivity index (χ4n) is 2.31. The molecule has 0 saturated carbocycles. The molecule has 0 amide bonds. The third-order valence-electron chi connectivity index (χ3n) is 3.18. The highest BCUT2D eigenvalue weighted by Gasteiger charge is 2.08. The van der Waals surface area contributed by atoms with E-state index in [1.165, 1.54) is 0 Å². The van der Waals surface area contributed by atoms with Gasteiger partial charge in [-0.1, -0.05) is 35.4 Å². The third-order valence-corrected chi connectivity index (χ3v) is 3.18. The molecule has 2 aromatic heterocycles. The van der Waals surface area contributed by atoms with Crippen LogP contribution in [0.5, 0.6) is 0 Å². The maximum absolute atomic E-state index is 8.48. The zero-order valence-electron chi connectivity index (χ0n) is 10.3. The number of pyridine rings is 1. The average molecular weight is 248 g/mol. The molecule has 0 N–H and O–H groups in total. The van der Waals surface area contributed by atoms with Crippen molar-refractivity contribution >= 4 is 5.52 Å². The highest BCUT2D eigenvalue weighted by Crippen LogP contribution is 2.29. The SMILES string of the molecule is [N-]=[N+]=NCc1ccccc1-c1ccn2ccccc12. The number of nitrogens with zero attached hydrogens (tertiary/aromatic N) is 4. The summed E-state index contributed by atoms with van der Waals surface area (Å²) in [5.41, 5.74) is 12.9. The summed E-state index contributed by atoms with van der Waals surface area (Å²) in [5.74, 6) is 0. The van der Waals surface area contributed by atoms with Gasteiger partial charge in [0.2, 0.25) is 0 Å². The number of rotatable bonds is 3. The van der Waals surface area contributed by atoms with E-state index in [-0.39, 0.29) is 0 Å². The molecule has 0 atom stereocenters. The van der Waals surface area contributed by atoms with E-state index in [0.29, 0.717) is 6.54 Å². The second kappa shape index (κ2) is 4.88. The molecule has 0 radical (unpaired) electrons. The molecule has 92 valence electrons. The fraction of sp³-hybridized carbons (Fsp3) is 0.0667. The largest absolute Gasteiger partial charge is 0.323 e. The summed E-state index contributed by atoms with van der Waals surface area (Å²) < 4.78 is 2.08. The van der Waals surface area contributed by atoms with Crippen LogP contribution in [0.3, 0.4) is 0 Å². The molecule has 0 bridgehead atoms. The van der Waals surface area contributed by atoms with Crippen LogP contribution in [0.2, 0.25) is 0 Å². The minimum absolute atomic E-state index is 0.372. The summed E-state index contributed by atoms with van der Waals surface area (Å²) >= 11 is 0. The molecule has 4 nitrogen and oxygen atoms in total. The minimum atomic E-state index is 0.372. The van der Waals surface area contributed by atoms with Crippen molar-refractivity contribution in [3.05, 3.63) is 76.9 Å². The van der Waals surface area contributed by atoms with Gasteiger partial charge in [-0.05, 0) is 34.9 Å². The van der Waals surface area contributed by atoms with Crippen LogP contribution in [-0.4, -0.2) is 4.40 Å². The number of hydrogen-bond acceptors (Lipinski definition) is 1. The monoisotopic (exact) mass is 248 g/mol. The van der Waals surface area contributed by atoms with E-state index < -0.39 is 0 Å². The van der Waals surface area contributed by atoms with Gasteiger partial charge in [-0.25, -0.2) is 0 Å². The Hall–Kier alpha value is -2.71. The third kappa shape index (κ3) is 2.05. The lowest BCUT2D eigenvalue weighted by Gasteiger charge is -2.06. The van der Waals surface area contributed by atoms with Gasteiger partial charge in [-0.3, -0.25) is 0 Å². The van der Waals surface area contributed by atoms with E-state index in [9.17, 15) is 0 Å². The lowest BCUT2D eigenvalue weighted by atomic mass is 10.0. The molecule has 0 unspecified atom stereocenters. The average Bonchev–Trinajstić information content (AvgIpc) is 2.89. The minimum Gasteiger partial charge on any atom is -0.323 e. The Morgan fingerprint density at radius 3 is 2.68 bits per heavy atom. The van der Waals surface area contributed by atoms with Gasteiger partial charge in [0.1, 0.15) is 0 Å². The van der Waals surface area contributed by atoms with E-state index in [1.807, 2.05) is 42.7 Å². The normalized spacial score (nSPS) is 10.3. The molecule has 3 rings (SSSR count). The number of benzene rings is 1. The molecule has 0 aliphatic rings. The van der Waals surface area contributed by atoms with Crippen molar-refractivity contribution in [3.8, 4) is 11.1 Å². The van der Waals surface area contributed by atoms with Crippen LogP contribution in [0.15, 0.2) is 66.0 Å². The molecular weight excluding hydrogens is 236 g/mol.